The van der Waals surface area contributed by atoms with Crippen molar-refractivity contribution in [3.8, 4) is 5.75 Å². The maximum atomic E-state index is 11.8. The first-order chi connectivity index (χ1) is 9.31. The van der Waals surface area contributed by atoms with Crippen LogP contribution in [-0.2, 0) is 9.59 Å². The van der Waals surface area contributed by atoms with Crippen LogP contribution >= 0.6 is 0 Å². The van der Waals surface area contributed by atoms with Gasteiger partial charge >= 0.3 is 5.97 Å². The van der Waals surface area contributed by atoms with E-state index in [1.54, 1.807) is 0 Å². The summed E-state index contributed by atoms with van der Waals surface area (Å²) in [5.41, 5.74) is 2.20. The second-order valence-corrected chi connectivity index (χ2v) is 4.94. The van der Waals surface area contributed by atoms with E-state index in [9.17, 15) is 9.59 Å². The van der Waals surface area contributed by atoms with E-state index in [0.717, 1.165) is 16.9 Å². The Morgan fingerprint density at radius 2 is 1.80 bits per heavy atom. The maximum Gasteiger partial charge on any atom is 0.326 e. The minimum absolute atomic E-state index is 0.154. The summed E-state index contributed by atoms with van der Waals surface area (Å²) in [6.45, 7) is 5.67. The molecule has 1 rings (SSSR count). The topological polar surface area (TPSA) is 66.8 Å². The Morgan fingerprint density at radius 3 is 2.30 bits per heavy atom. The lowest BCUT2D eigenvalue weighted by Crippen LogP contribution is -2.40. The normalized spacial score (nSPS) is 11.8. The van der Waals surface area contributed by atoms with Crippen LogP contribution in [0, 0.1) is 13.8 Å². The highest BCUT2D eigenvalue weighted by atomic mass is 16.5. The third kappa shape index (κ3) is 4.57. The van der Waals surface area contributed by atoms with E-state index in [1.165, 1.54) is 18.9 Å². The van der Waals surface area contributed by atoms with Crippen LogP contribution in [0.25, 0.3) is 0 Å². The molecule has 0 aliphatic heterocycles. The molecule has 1 N–H and O–H groups in total. The minimum Gasteiger partial charge on any atom is -0.493 e. The number of aliphatic carboxylic acids is 1. The molecule has 0 radical (unpaired) electrons. The summed E-state index contributed by atoms with van der Waals surface area (Å²) in [6.07, 6.45) is 0.154. The van der Waals surface area contributed by atoms with Gasteiger partial charge in [0.2, 0.25) is 5.91 Å². The number of carboxylic acid groups (broad SMARTS) is 1. The zero-order chi connectivity index (χ0) is 15.3. The molecule has 1 aromatic carbocycles. The van der Waals surface area contributed by atoms with Gasteiger partial charge in [0.1, 0.15) is 11.8 Å². The summed E-state index contributed by atoms with van der Waals surface area (Å²) < 4.78 is 5.53. The predicted octanol–water partition coefficient (Wildman–Crippen LogP) is 2.00. The van der Waals surface area contributed by atoms with Crippen LogP contribution in [0.4, 0.5) is 0 Å². The van der Waals surface area contributed by atoms with Crippen LogP contribution in [-0.4, -0.2) is 41.6 Å². The summed E-state index contributed by atoms with van der Waals surface area (Å²) in [6, 6.07) is 5.02. The Labute approximate surface area is 119 Å². The van der Waals surface area contributed by atoms with Crippen molar-refractivity contribution in [2.24, 2.45) is 0 Å². The molecule has 0 saturated carbocycles. The molecule has 0 saturated heterocycles. The summed E-state index contributed by atoms with van der Waals surface area (Å²) >= 11 is 0. The molecule has 0 fully saturated rings. The van der Waals surface area contributed by atoms with E-state index >= 15 is 0 Å². The molecule has 0 aliphatic rings. The fraction of sp³-hybridized carbons (Fsp3) is 0.467. The second-order valence-electron chi connectivity index (χ2n) is 4.94. The lowest BCUT2D eigenvalue weighted by molar-refractivity contribution is -0.148. The number of carbonyl (C=O) groups is 2. The number of hydrogen-bond donors (Lipinski definition) is 1. The van der Waals surface area contributed by atoms with Crippen LogP contribution in [0.1, 0.15) is 24.5 Å². The molecular weight excluding hydrogens is 258 g/mol. The summed E-state index contributed by atoms with van der Waals surface area (Å²) in [5, 5.41) is 8.84. The molecule has 0 heterocycles. The van der Waals surface area contributed by atoms with Gasteiger partial charge in [0.15, 0.2) is 0 Å². The number of ether oxygens (including phenoxy) is 1. The van der Waals surface area contributed by atoms with Gasteiger partial charge in [-0.05, 0) is 44.0 Å². The number of benzene rings is 1. The zero-order valence-corrected chi connectivity index (χ0v) is 12.3. The number of aryl methyl sites for hydroxylation is 2. The molecule has 0 spiro atoms. The molecule has 5 nitrogen and oxygen atoms in total. The van der Waals surface area contributed by atoms with Crippen molar-refractivity contribution in [3.63, 3.8) is 0 Å². The van der Waals surface area contributed by atoms with Gasteiger partial charge in [-0.15, -0.1) is 0 Å². The lowest BCUT2D eigenvalue weighted by atomic mass is 10.1. The third-order valence-electron chi connectivity index (χ3n) is 3.11. The summed E-state index contributed by atoms with van der Waals surface area (Å²) in [7, 11) is 1.48. The molecule has 1 amide bonds. The Kier molecular flexibility index (Phi) is 5.55. The zero-order valence-electron chi connectivity index (χ0n) is 12.3. The van der Waals surface area contributed by atoms with Gasteiger partial charge in [-0.2, -0.15) is 0 Å². The Morgan fingerprint density at radius 1 is 1.25 bits per heavy atom. The maximum absolute atomic E-state index is 11.8. The van der Waals surface area contributed by atoms with E-state index in [2.05, 4.69) is 0 Å². The van der Waals surface area contributed by atoms with Crippen molar-refractivity contribution in [2.45, 2.75) is 33.2 Å². The molecule has 0 aliphatic carbocycles. The van der Waals surface area contributed by atoms with Gasteiger partial charge in [0.05, 0.1) is 13.0 Å². The van der Waals surface area contributed by atoms with Crippen molar-refractivity contribution in [3.05, 3.63) is 29.3 Å². The largest absolute Gasteiger partial charge is 0.493 e. The van der Waals surface area contributed by atoms with E-state index in [1.807, 2.05) is 32.0 Å². The summed E-state index contributed by atoms with van der Waals surface area (Å²) in [4.78, 5) is 23.8. The van der Waals surface area contributed by atoms with Gasteiger partial charge in [-0.25, -0.2) is 4.79 Å². The van der Waals surface area contributed by atoms with Crippen LogP contribution in [0.15, 0.2) is 18.2 Å². The molecule has 0 aromatic heterocycles. The number of carboxylic acids is 1. The third-order valence-corrected chi connectivity index (χ3v) is 3.11. The van der Waals surface area contributed by atoms with Crippen molar-refractivity contribution < 1.29 is 19.4 Å². The molecule has 5 heteroatoms. The van der Waals surface area contributed by atoms with E-state index in [-0.39, 0.29) is 18.9 Å². The molecule has 20 heavy (non-hydrogen) atoms. The molecule has 1 unspecified atom stereocenters. The van der Waals surface area contributed by atoms with Crippen molar-refractivity contribution in [2.75, 3.05) is 13.7 Å². The first kappa shape index (κ1) is 16.0. The quantitative estimate of drug-likeness (QED) is 0.865. The number of nitrogens with zero attached hydrogens (tertiary/aromatic N) is 1. The standard InChI is InChI=1S/C15H21NO4/c1-10-7-11(2)9-13(8-10)20-6-5-14(17)16(4)12(3)15(18)19/h7-9,12H,5-6H2,1-4H3,(H,18,19). The van der Waals surface area contributed by atoms with Gasteiger partial charge < -0.3 is 14.7 Å². The Balaban J connectivity index is 2.47. The van der Waals surface area contributed by atoms with Gasteiger partial charge in [-0.1, -0.05) is 6.07 Å². The molecule has 1 atom stereocenters. The predicted molar refractivity (Wildman–Crippen MR) is 75.9 cm³/mol. The van der Waals surface area contributed by atoms with Crippen LogP contribution in [0.2, 0.25) is 0 Å². The highest BCUT2D eigenvalue weighted by Crippen LogP contribution is 2.16. The summed E-state index contributed by atoms with van der Waals surface area (Å²) in [5.74, 6) is -0.537. The highest BCUT2D eigenvalue weighted by molar-refractivity contribution is 5.83. The van der Waals surface area contributed by atoms with Crippen LogP contribution in [0.5, 0.6) is 5.75 Å². The van der Waals surface area contributed by atoms with Crippen LogP contribution in [0.3, 0.4) is 0 Å². The number of amides is 1. The number of likely N-dealkylation sites (N-methyl/N-ethyl adjacent to an activating group) is 1. The van der Waals surface area contributed by atoms with E-state index < -0.39 is 12.0 Å². The lowest BCUT2D eigenvalue weighted by Gasteiger charge is -2.21. The van der Waals surface area contributed by atoms with E-state index in [4.69, 9.17) is 9.84 Å². The SMILES string of the molecule is Cc1cc(C)cc(OCCC(=O)N(C)C(C)C(=O)O)c1. The van der Waals surface area contributed by atoms with Gasteiger partial charge in [0.25, 0.3) is 0 Å². The fourth-order valence-electron chi connectivity index (χ4n) is 1.83. The van der Waals surface area contributed by atoms with Crippen molar-refractivity contribution in [1.82, 2.24) is 4.90 Å². The smallest absolute Gasteiger partial charge is 0.326 e. The van der Waals surface area contributed by atoms with Crippen molar-refractivity contribution in [1.29, 1.82) is 0 Å². The Bertz CT molecular complexity index is 478. The molecule has 110 valence electrons. The molecular formula is C15H21NO4. The average Bonchev–Trinajstić information content (AvgIpc) is 2.35. The monoisotopic (exact) mass is 279 g/mol. The van der Waals surface area contributed by atoms with Gasteiger partial charge in [-0.3, -0.25) is 4.79 Å². The molecule has 1 aromatic rings. The number of rotatable bonds is 6. The van der Waals surface area contributed by atoms with Gasteiger partial charge in [0, 0.05) is 7.05 Å². The number of carbonyl (C=O) groups excluding carboxylic acids is 1. The highest BCUT2D eigenvalue weighted by Gasteiger charge is 2.21. The Hall–Kier alpha value is -2.04. The van der Waals surface area contributed by atoms with E-state index in [0.29, 0.717) is 0 Å². The average molecular weight is 279 g/mol. The van der Waals surface area contributed by atoms with Crippen LogP contribution < -0.4 is 4.74 Å². The number of hydrogen-bond acceptors (Lipinski definition) is 3. The fourth-order valence-corrected chi connectivity index (χ4v) is 1.83. The first-order valence-electron chi connectivity index (χ1n) is 6.51. The first-order valence-corrected chi connectivity index (χ1v) is 6.51. The van der Waals surface area contributed by atoms with Crippen molar-refractivity contribution >= 4 is 11.9 Å². The minimum atomic E-state index is -1.02. The second kappa shape index (κ2) is 6.93. The molecule has 0 bridgehead atoms.